The van der Waals surface area contributed by atoms with Crippen molar-refractivity contribution in [3.63, 3.8) is 0 Å². The Morgan fingerprint density at radius 2 is 1.86 bits per heavy atom. The number of carbonyl (C=O) groups excluding carboxylic acids is 2. The van der Waals surface area contributed by atoms with Gasteiger partial charge in [-0.25, -0.2) is 0 Å². The number of benzene rings is 2. The van der Waals surface area contributed by atoms with Crippen LogP contribution in [0.1, 0.15) is 35.3 Å². The van der Waals surface area contributed by atoms with Gasteiger partial charge in [0, 0.05) is 29.7 Å². The van der Waals surface area contributed by atoms with Crippen LogP contribution in [0, 0.1) is 12.8 Å². The van der Waals surface area contributed by atoms with Crippen LogP contribution in [-0.4, -0.2) is 36.9 Å². The summed E-state index contributed by atoms with van der Waals surface area (Å²) in [5, 5.41) is 3.47. The van der Waals surface area contributed by atoms with Crippen molar-refractivity contribution < 1.29 is 14.3 Å². The van der Waals surface area contributed by atoms with Gasteiger partial charge in [-0.15, -0.1) is 0 Å². The number of nitrogens with zero attached hydrogens (tertiary/aromatic N) is 1. The van der Waals surface area contributed by atoms with Crippen LogP contribution in [0.4, 0.5) is 0 Å². The molecule has 1 atom stereocenters. The summed E-state index contributed by atoms with van der Waals surface area (Å²) in [5.41, 5.74) is 2.24. The predicted molar refractivity (Wildman–Crippen MR) is 112 cm³/mol. The summed E-state index contributed by atoms with van der Waals surface area (Å²) in [7, 11) is 3.28. The number of ether oxygens (including phenoxy) is 1. The van der Waals surface area contributed by atoms with Crippen LogP contribution in [0.15, 0.2) is 42.5 Å². The molecule has 0 radical (unpaired) electrons. The molecule has 0 aliphatic heterocycles. The second-order valence-electron chi connectivity index (χ2n) is 7.16. The fourth-order valence-corrected chi connectivity index (χ4v) is 3.20. The molecule has 5 nitrogen and oxygen atoms in total. The molecule has 0 heterocycles. The largest absolute Gasteiger partial charge is 0.496 e. The van der Waals surface area contributed by atoms with E-state index in [0.717, 1.165) is 11.1 Å². The maximum absolute atomic E-state index is 13.1. The van der Waals surface area contributed by atoms with Gasteiger partial charge in [-0.3, -0.25) is 9.59 Å². The molecule has 2 aromatic carbocycles. The lowest BCUT2D eigenvalue weighted by Crippen LogP contribution is -2.50. The molecule has 0 saturated carbocycles. The summed E-state index contributed by atoms with van der Waals surface area (Å²) in [6.07, 6.45) is 0. The Labute approximate surface area is 171 Å². The first kappa shape index (κ1) is 21.8. The molecule has 0 aliphatic rings. The second kappa shape index (κ2) is 9.60. The number of amides is 2. The number of carbonyl (C=O) groups is 2. The second-order valence-corrected chi connectivity index (χ2v) is 7.60. The van der Waals surface area contributed by atoms with Crippen molar-refractivity contribution in [3.05, 3.63) is 64.2 Å². The third-order valence-electron chi connectivity index (χ3n) is 4.64. The molecule has 0 aliphatic carbocycles. The Morgan fingerprint density at radius 1 is 1.18 bits per heavy atom. The minimum Gasteiger partial charge on any atom is -0.496 e. The molecular weight excluding hydrogens is 376 g/mol. The molecule has 28 heavy (non-hydrogen) atoms. The monoisotopic (exact) mass is 402 g/mol. The van der Waals surface area contributed by atoms with Crippen LogP contribution in [0.3, 0.4) is 0 Å². The Hall–Kier alpha value is -2.53. The Balaban J connectivity index is 2.17. The van der Waals surface area contributed by atoms with Gasteiger partial charge in [0.1, 0.15) is 11.8 Å². The number of hydrogen-bond donors (Lipinski definition) is 1. The lowest BCUT2D eigenvalue weighted by atomic mass is 10.0. The van der Waals surface area contributed by atoms with E-state index in [4.69, 9.17) is 16.3 Å². The summed E-state index contributed by atoms with van der Waals surface area (Å²) < 4.78 is 5.36. The summed E-state index contributed by atoms with van der Waals surface area (Å²) in [6.45, 7) is 6.02. The zero-order valence-corrected chi connectivity index (χ0v) is 17.7. The van der Waals surface area contributed by atoms with Crippen LogP contribution in [0.25, 0.3) is 0 Å². The first-order chi connectivity index (χ1) is 13.2. The molecule has 0 fully saturated rings. The van der Waals surface area contributed by atoms with Gasteiger partial charge in [-0.2, -0.15) is 0 Å². The Bertz CT molecular complexity index is 851. The highest BCUT2D eigenvalue weighted by Crippen LogP contribution is 2.24. The van der Waals surface area contributed by atoms with E-state index in [-0.39, 0.29) is 17.7 Å². The topological polar surface area (TPSA) is 58.6 Å². The summed E-state index contributed by atoms with van der Waals surface area (Å²) in [5.74, 6) is 0.177. The predicted octanol–water partition coefficient (Wildman–Crippen LogP) is 4.07. The fourth-order valence-electron chi connectivity index (χ4n) is 3.00. The van der Waals surface area contributed by atoms with Crippen molar-refractivity contribution in [2.24, 2.45) is 5.92 Å². The SMILES string of the molecule is COc1ccc(Cl)cc1CN(C)C(=O)C(NC(=O)c1ccccc1C)C(C)C. The number of likely N-dealkylation sites (N-methyl/N-ethyl adjacent to an activating group) is 1. The van der Waals surface area contributed by atoms with E-state index >= 15 is 0 Å². The maximum atomic E-state index is 13.1. The van der Waals surface area contributed by atoms with E-state index in [9.17, 15) is 9.59 Å². The van der Waals surface area contributed by atoms with Gasteiger partial charge >= 0.3 is 0 Å². The quantitative estimate of drug-likeness (QED) is 0.759. The van der Waals surface area contributed by atoms with Gasteiger partial charge in [0.25, 0.3) is 5.91 Å². The summed E-state index contributed by atoms with van der Waals surface area (Å²) in [6, 6.07) is 12.0. The normalized spacial score (nSPS) is 11.8. The number of nitrogens with one attached hydrogen (secondary N) is 1. The highest BCUT2D eigenvalue weighted by atomic mass is 35.5. The van der Waals surface area contributed by atoms with E-state index in [1.807, 2.05) is 39.0 Å². The zero-order chi connectivity index (χ0) is 20.8. The van der Waals surface area contributed by atoms with E-state index in [1.165, 1.54) is 0 Å². The molecule has 0 saturated heterocycles. The van der Waals surface area contributed by atoms with Gasteiger partial charge in [-0.1, -0.05) is 43.6 Å². The van der Waals surface area contributed by atoms with Crippen LogP contribution in [0.5, 0.6) is 5.75 Å². The van der Waals surface area contributed by atoms with Crippen LogP contribution < -0.4 is 10.1 Å². The molecule has 1 N–H and O–H groups in total. The molecular formula is C22H27ClN2O3. The lowest BCUT2D eigenvalue weighted by Gasteiger charge is -2.28. The number of methoxy groups -OCH3 is 1. The maximum Gasteiger partial charge on any atom is 0.252 e. The van der Waals surface area contributed by atoms with Gasteiger partial charge in [0.15, 0.2) is 0 Å². The van der Waals surface area contributed by atoms with Crippen molar-refractivity contribution in [3.8, 4) is 5.75 Å². The molecule has 2 amide bonds. The highest BCUT2D eigenvalue weighted by Gasteiger charge is 2.28. The van der Waals surface area contributed by atoms with Gasteiger partial charge in [-0.05, 0) is 42.7 Å². The highest BCUT2D eigenvalue weighted by molar-refractivity contribution is 6.30. The van der Waals surface area contributed by atoms with Crippen LogP contribution in [-0.2, 0) is 11.3 Å². The van der Waals surface area contributed by atoms with Crippen molar-refractivity contribution in [2.75, 3.05) is 14.2 Å². The minimum absolute atomic E-state index is 0.0656. The molecule has 2 aromatic rings. The van der Waals surface area contributed by atoms with E-state index in [2.05, 4.69) is 5.32 Å². The standard InChI is InChI=1S/C22H27ClN2O3/c1-14(2)20(24-21(26)18-9-7-6-8-15(18)3)22(27)25(4)13-16-12-17(23)10-11-19(16)28-5/h6-12,14,20H,13H2,1-5H3,(H,24,26). The van der Waals surface area contributed by atoms with Gasteiger partial charge < -0.3 is 15.0 Å². The molecule has 0 aromatic heterocycles. The van der Waals surface area contributed by atoms with Crippen molar-refractivity contribution >= 4 is 23.4 Å². The molecule has 150 valence electrons. The average molecular weight is 403 g/mol. The zero-order valence-electron chi connectivity index (χ0n) is 17.0. The fraction of sp³-hybridized carbons (Fsp3) is 0.364. The molecule has 0 bridgehead atoms. The van der Waals surface area contributed by atoms with Gasteiger partial charge in [0.2, 0.25) is 5.91 Å². The average Bonchev–Trinajstić information content (AvgIpc) is 2.65. The van der Waals surface area contributed by atoms with Gasteiger partial charge in [0.05, 0.1) is 7.11 Å². The Kier molecular flexibility index (Phi) is 7.46. The molecule has 6 heteroatoms. The number of aryl methyl sites for hydroxylation is 1. The minimum atomic E-state index is -0.637. The molecule has 0 spiro atoms. The molecule has 1 unspecified atom stereocenters. The van der Waals surface area contributed by atoms with Crippen molar-refractivity contribution in [1.29, 1.82) is 0 Å². The number of rotatable bonds is 7. The van der Waals surface area contributed by atoms with E-state index < -0.39 is 6.04 Å². The van der Waals surface area contributed by atoms with Crippen molar-refractivity contribution in [1.82, 2.24) is 10.2 Å². The summed E-state index contributed by atoms with van der Waals surface area (Å²) >= 11 is 6.09. The van der Waals surface area contributed by atoms with Crippen LogP contribution in [0.2, 0.25) is 5.02 Å². The Morgan fingerprint density at radius 3 is 2.46 bits per heavy atom. The number of halogens is 1. The smallest absolute Gasteiger partial charge is 0.252 e. The third kappa shape index (κ3) is 5.26. The van der Waals surface area contributed by atoms with Crippen LogP contribution >= 0.6 is 11.6 Å². The van der Waals surface area contributed by atoms with E-state index in [1.54, 1.807) is 43.3 Å². The number of hydrogen-bond acceptors (Lipinski definition) is 3. The van der Waals surface area contributed by atoms with E-state index in [0.29, 0.717) is 22.9 Å². The first-order valence-electron chi connectivity index (χ1n) is 9.18. The summed E-state index contributed by atoms with van der Waals surface area (Å²) in [4.78, 5) is 27.3. The van der Waals surface area contributed by atoms with Crippen molar-refractivity contribution in [2.45, 2.75) is 33.4 Å². The lowest BCUT2D eigenvalue weighted by molar-refractivity contribution is -0.133. The molecule has 2 rings (SSSR count). The third-order valence-corrected chi connectivity index (χ3v) is 4.87. The first-order valence-corrected chi connectivity index (χ1v) is 9.56.